The number of nitrogens with one attached hydrogen (secondary N) is 1. The van der Waals surface area contributed by atoms with Gasteiger partial charge in [0.1, 0.15) is 0 Å². The minimum absolute atomic E-state index is 0.0144. The molecule has 9 heteroatoms. The molecule has 2 aromatic heterocycles. The van der Waals surface area contributed by atoms with Crippen molar-refractivity contribution >= 4 is 27.7 Å². The van der Waals surface area contributed by atoms with Crippen molar-refractivity contribution in [2.24, 2.45) is 7.05 Å². The minimum Gasteiger partial charge on any atom is -0.294 e. The Balaban J connectivity index is 2.04. The summed E-state index contributed by atoms with van der Waals surface area (Å²) in [5.74, 6) is 0.236. The average molecular weight is 390 g/mol. The highest BCUT2D eigenvalue weighted by atomic mass is 32.2. The molecule has 0 bridgehead atoms. The van der Waals surface area contributed by atoms with E-state index in [2.05, 4.69) is 19.8 Å². The molecular weight excluding hydrogens is 370 g/mol. The number of aromatic nitrogens is 4. The third-order valence-corrected chi connectivity index (χ3v) is 5.46. The highest BCUT2D eigenvalue weighted by Crippen LogP contribution is 2.29. The number of benzene rings is 1. The third kappa shape index (κ3) is 4.05. The molecule has 136 valence electrons. The number of anilines is 1. The number of rotatable bonds is 5. The highest BCUT2D eigenvalue weighted by Gasteiger charge is 2.16. The number of nitrogens with zero attached hydrogens (tertiary/aromatic N) is 4. The van der Waals surface area contributed by atoms with Crippen molar-refractivity contribution in [3.8, 4) is 11.3 Å². The van der Waals surface area contributed by atoms with E-state index in [9.17, 15) is 8.42 Å². The second-order valence-corrected chi connectivity index (χ2v) is 8.85. The van der Waals surface area contributed by atoms with Gasteiger partial charge in [0.15, 0.2) is 14.9 Å². The summed E-state index contributed by atoms with van der Waals surface area (Å²) in [6.45, 7) is 3.95. The highest BCUT2D eigenvalue weighted by molar-refractivity contribution is 8.00. The van der Waals surface area contributed by atoms with Gasteiger partial charge in [0, 0.05) is 31.1 Å². The zero-order chi connectivity index (χ0) is 18.9. The van der Waals surface area contributed by atoms with E-state index in [1.807, 2.05) is 45.3 Å². The van der Waals surface area contributed by atoms with E-state index >= 15 is 0 Å². The van der Waals surface area contributed by atoms with Crippen molar-refractivity contribution in [3.63, 3.8) is 0 Å². The van der Waals surface area contributed by atoms with Crippen LogP contribution in [0.3, 0.4) is 0 Å². The zero-order valence-electron chi connectivity index (χ0n) is 14.9. The molecule has 3 aromatic rings. The Morgan fingerprint density at radius 2 is 1.85 bits per heavy atom. The Labute approximate surface area is 156 Å². The monoisotopic (exact) mass is 389 g/mol. The molecule has 0 saturated carbocycles. The molecule has 0 unspecified atom stereocenters. The van der Waals surface area contributed by atoms with Crippen LogP contribution in [0.25, 0.3) is 11.3 Å². The fourth-order valence-electron chi connectivity index (χ4n) is 2.56. The molecule has 0 atom stereocenters. The van der Waals surface area contributed by atoms with Gasteiger partial charge in [0.2, 0.25) is 5.95 Å². The van der Waals surface area contributed by atoms with Crippen LogP contribution in [0.1, 0.15) is 11.1 Å². The maximum absolute atomic E-state index is 12.1. The van der Waals surface area contributed by atoms with Crippen molar-refractivity contribution in [2.75, 3.05) is 11.0 Å². The summed E-state index contributed by atoms with van der Waals surface area (Å²) < 4.78 is 28.8. The molecule has 0 aliphatic heterocycles. The molecule has 1 aromatic carbocycles. The third-order valence-electron chi connectivity index (χ3n) is 3.76. The molecule has 26 heavy (non-hydrogen) atoms. The van der Waals surface area contributed by atoms with Crippen molar-refractivity contribution in [1.82, 2.24) is 19.7 Å². The smallest absolute Gasteiger partial charge is 0.234 e. The predicted octanol–water partition coefficient (Wildman–Crippen LogP) is 3.02. The van der Waals surface area contributed by atoms with Crippen molar-refractivity contribution in [3.05, 3.63) is 47.8 Å². The Morgan fingerprint density at radius 1 is 1.15 bits per heavy atom. The second-order valence-electron chi connectivity index (χ2n) is 6.01. The van der Waals surface area contributed by atoms with Crippen LogP contribution in [-0.2, 0) is 16.9 Å². The maximum atomic E-state index is 12.1. The number of hydrogen-bond donors (Lipinski definition) is 1. The SMILES string of the molecule is Cc1cccc(C)c1-c1cc(S(C)(=O)=O)nc(NSc2cnn(C)c2)n1. The summed E-state index contributed by atoms with van der Waals surface area (Å²) in [5, 5.41) is 4.08. The Morgan fingerprint density at radius 3 is 2.42 bits per heavy atom. The molecular formula is C17H19N5O2S2. The zero-order valence-corrected chi connectivity index (χ0v) is 16.5. The van der Waals surface area contributed by atoms with Crippen LogP contribution in [0.15, 0.2) is 46.6 Å². The van der Waals surface area contributed by atoms with Crippen molar-refractivity contribution < 1.29 is 8.42 Å². The van der Waals surface area contributed by atoms with Gasteiger partial charge in [0.05, 0.1) is 16.8 Å². The van der Waals surface area contributed by atoms with E-state index < -0.39 is 9.84 Å². The summed E-state index contributed by atoms with van der Waals surface area (Å²) in [5.41, 5.74) is 3.53. The maximum Gasteiger partial charge on any atom is 0.234 e. The van der Waals surface area contributed by atoms with Gasteiger partial charge in [-0.05, 0) is 36.9 Å². The summed E-state index contributed by atoms with van der Waals surface area (Å²) in [6, 6.07) is 7.43. The number of sulfone groups is 1. The van der Waals surface area contributed by atoms with E-state index in [1.54, 1.807) is 10.9 Å². The summed E-state index contributed by atoms with van der Waals surface area (Å²) in [7, 11) is -1.65. The first kappa shape index (κ1) is 18.4. The van der Waals surface area contributed by atoms with Gasteiger partial charge in [-0.1, -0.05) is 18.2 Å². The van der Waals surface area contributed by atoms with E-state index in [0.29, 0.717) is 5.69 Å². The topological polar surface area (TPSA) is 89.8 Å². The fourth-order valence-corrected chi connectivity index (χ4v) is 3.75. The molecule has 3 rings (SSSR count). The molecule has 7 nitrogen and oxygen atoms in total. The molecule has 0 spiro atoms. The van der Waals surface area contributed by atoms with Crippen LogP contribution in [-0.4, -0.2) is 34.4 Å². The van der Waals surface area contributed by atoms with Gasteiger partial charge >= 0.3 is 0 Å². The Bertz CT molecular complexity index is 1040. The van der Waals surface area contributed by atoms with Crippen LogP contribution in [0.2, 0.25) is 0 Å². The van der Waals surface area contributed by atoms with E-state index in [1.165, 1.54) is 18.0 Å². The first-order chi connectivity index (χ1) is 12.2. The van der Waals surface area contributed by atoms with Crippen LogP contribution >= 0.6 is 11.9 Å². The molecule has 2 heterocycles. The number of hydrogen-bond acceptors (Lipinski definition) is 7. The van der Waals surface area contributed by atoms with Crippen LogP contribution in [0.5, 0.6) is 0 Å². The van der Waals surface area contributed by atoms with Crippen molar-refractivity contribution in [1.29, 1.82) is 0 Å². The summed E-state index contributed by atoms with van der Waals surface area (Å²) >= 11 is 1.27. The average Bonchev–Trinajstić information content (AvgIpc) is 2.97. The first-order valence-corrected chi connectivity index (χ1v) is 10.5. The van der Waals surface area contributed by atoms with E-state index in [0.717, 1.165) is 27.8 Å². The quantitative estimate of drug-likeness (QED) is 0.530. The standard InChI is InChI=1S/C17H19N5O2S2/c1-11-6-5-7-12(2)16(11)14-8-15(26(4,23)24)20-17(19-14)21-25-13-9-18-22(3)10-13/h5-10H,1-4H3,(H,19,20,21). The van der Waals surface area contributed by atoms with Gasteiger partial charge in [-0.2, -0.15) is 5.10 Å². The molecule has 0 radical (unpaired) electrons. The lowest BCUT2D eigenvalue weighted by Gasteiger charge is -2.12. The fraction of sp³-hybridized carbons (Fsp3) is 0.235. The van der Waals surface area contributed by atoms with Crippen LogP contribution in [0.4, 0.5) is 5.95 Å². The van der Waals surface area contributed by atoms with Crippen molar-refractivity contribution in [2.45, 2.75) is 23.8 Å². The molecule has 0 aliphatic rings. The van der Waals surface area contributed by atoms with E-state index in [4.69, 9.17) is 0 Å². The molecule has 1 N–H and O–H groups in total. The van der Waals surface area contributed by atoms with Gasteiger partial charge in [-0.15, -0.1) is 0 Å². The lowest BCUT2D eigenvalue weighted by Crippen LogP contribution is -2.06. The molecule has 0 saturated heterocycles. The molecule has 0 fully saturated rings. The molecule has 0 aliphatic carbocycles. The Hall–Kier alpha value is -2.39. The van der Waals surface area contributed by atoms with Gasteiger partial charge in [-0.3, -0.25) is 9.40 Å². The predicted molar refractivity (Wildman–Crippen MR) is 103 cm³/mol. The summed E-state index contributed by atoms with van der Waals surface area (Å²) in [4.78, 5) is 9.55. The lowest BCUT2D eigenvalue weighted by atomic mass is 10.00. The number of aryl methyl sites for hydroxylation is 3. The van der Waals surface area contributed by atoms with E-state index in [-0.39, 0.29) is 11.0 Å². The second kappa shape index (κ2) is 7.08. The largest absolute Gasteiger partial charge is 0.294 e. The Kier molecular flexibility index (Phi) is 5.01. The minimum atomic E-state index is -3.48. The normalized spacial score (nSPS) is 11.5. The lowest BCUT2D eigenvalue weighted by molar-refractivity contribution is 0.598. The first-order valence-electron chi connectivity index (χ1n) is 7.81. The molecule has 0 amide bonds. The summed E-state index contributed by atoms with van der Waals surface area (Å²) in [6.07, 6.45) is 4.68. The van der Waals surface area contributed by atoms with Gasteiger partial charge in [0.25, 0.3) is 0 Å². The van der Waals surface area contributed by atoms with Gasteiger partial charge in [-0.25, -0.2) is 18.4 Å². The van der Waals surface area contributed by atoms with Gasteiger partial charge < -0.3 is 0 Å². The van der Waals surface area contributed by atoms with Crippen LogP contribution < -0.4 is 4.72 Å². The van der Waals surface area contributed by atoms with Crippen LogP contribution in [0, 0.1) is 13.8 Å².